The molecule has 0 aliphatic carbocycles. The van der Waals surface area contributed by atoms with Crippen molar-refractivity contribution in [1.82, 2.24) is 9.55 Å². The lowest BCUT2D eigenvalue weighted by Crippen LogP contribution is -2.34. The third kappa shape index (κ3) is 6.38. The Morgan fingerprint density at radius 3 is 2.20 bits per heavy atom. The van der Waals surface area contributed by atoms with E-state index in [1.165, 1.54) is 18.2 Å². The lowest BCUT2D eigenvalue weighted by atomic mass is 9.85. The Morgan fingerprint density at radius 1 is 1.13 bits per heavy atom. The fraction of sp³-hybridized carbons (Fsp3) is 0.500. The van der Waals surface area contributed by atoms with Gasteiger partial charge in [0.05, 0.1) is 16.8 Å². The molecule has 0 amide bonds. The second-order valence-corrected chi connectivity index (χ2v) is 7.05. The number of alkyl halides is 5. The van der Waals surface area contributed by atoms with Gasteiger partial charge in [0.25, 0.3) is 0 Å². The molecule has 0 saturated heterocycles. The van der Waals surface area contributed by atoms with Crippen molar-refractivity contribution in [2.75, 3.05) is 0 Å². The molecule has 2 aromatic rings. The Balaban J connectivity index is 0.00000141. The Labute approximate surface area is 170 Å². The van der Waals surface area contributed by atoms with Gasteiger partial charge in [-0.15, -0.1) is 0 Å². The maximum atomic E-state index is 13.2. The van der Waals surface area contributed by atoms with Gasteiger partial charge in [-0.1, -0.05) is 33.8 Å². The maximum absolute atomic E-state index is 13.2. The van der Waals surface area contributed by atoms with Crippen molar-refractivity contribution in [3.8, 4) is 11.4 Å². The Bertz CT molecular complexity index is 870. The molecule has 1 heterocycles. The summed E-state index contributed by atoms with van der Waals surface area (Å²) in [5.74, 6) is 0.490. The zero-order valence-corrected chi connectivity index (χ0v) is 17.0. The van der Waals surface area contributed by atoms with E-state index in [2.05, 4.69) is 9.72 Å². The molecule has 0 unspecified atom stereocenters. The van der Waals surface area contributed by atoms with E-state index < -0.39 is 18.2 Å². The van der Waals surface area contributed by atoms with E-state index >= 15 is 0 Å². The number of nitrogens with zero attached hydrogens (tertiary/aromatic N) is 2. The van der Waals surface area contributed by atoms with Crippen LogP contribution in [-0.4, -0.2) is 28.5 Å². The van der Waals surface area contributed by atoms with Crippen LogP contribution in [0.4, 0.5) is 22.0 Å². The highest BCUT2D eigenvalue weighted by atomic mass is 19.4. The zero-order chi connectivity index (χ0) is 23.1. The molecule has 0 fully saturated rings. The molecule has 10 heteroatoms. The van der Waals surface area contributed by atoms with Crippen LogP contribution in [0.2, 0.25) is 0 Å². The summed E-state index contributed by atoms with van der Waals surface area (Å²) in [6, 6.07) is 4.26. The van der Waals surface area contributed by atoms with Gasteiger partial charge in [0, 0.05) is 12.6 Å². The Morgan fingerprint density at radius 2 is 1.73 bits per heavy atom. The van der Waals surface area contributed by atoms with E-state index in [0.717, 1.165) is 19.5 Å². The van der Waals surface area contributed by atoms with E-state index in [4.69, 9.17) is 9.59 Å². The van der Waals surface area contributed by atoms with Gasteiger partial charge in [-0.3, -0.25) is 4.57 Å². The van der Waals surface area contributed by atoms with E-state index in [-0.39, 0.29) is 23.9 Å². The molecule has 0 spiro atoms. The van der Waals surface area contributed by atoms with Crippen molar-refractivity contribution in [1.29, 1.82) is 0 Å². The van der Waals surface area contributed by atoms with Gasteiger partial charge < -0.3 is 4.74 Å². The summed E-state index contributed by atoms with van der Waals surface area (Å²) < 4.78 is 71.5. The third-order valence-electron chi connectivity index (χ3n) is 4.42. The van der Waals surface area contributed by atoms with Gasteiger partial charge in [-0.25, -0.2) is 4.98 Å². The van der Waals surface area contributed by atoms with Crippen LogP contribution in [0.3, 0.4) is 0 Å². The number of aryl methyl sites for hydroxylation is 2. The summed E-state index contributed by atoms with van der Waals surface area (Å²) in [5, 5.41) is 0. The standard InChI is InChI=1S/C19H23F5N2O.CO2/c1-5-13-11-26(16(6-2)25-13)14-8-7-12(9-15(14)27-17(20)21)10-18(3,4)19(22,23)24;2-1-3/h7-9,11,17H,5-6,10H2,1-4H3;. The smallest absolute Gasteiger partial charge is 0.394 e. The monoisotopic (exact) mass is 434 g/mol. The molecule has 0 atom stereocenters. The van der Waals surface area contributed by atoms with E-state index in [1.807, 2.05) is 13.8 Å². The van der Waals surface area contributed by atoms with Crippen molar-refractivity contribution in [2.24, 2.45) is 5.41 Å². The lowest BCUT2D eigenvalue weighted by molar-refractivity contribution is -0.211. The number of hydrogen-bond acceptors (Lipinski definition) is 4. The number of benzene rings is 1. The first-order chi connectivity index (χ1) is 13.9. The molecule has 0 bridgehead atoms. The fourth-order valence-corrected chi connectivity index (χ4v) is 2.77. The fourth-order valence-electron chi connectivity index (χ4n) is 2.77. The first-order valence-corrected chi connectivity index (χ1v) is 9.11. The second kappa shape index (κ2) is 10.3. The van der Waals surface area contributed by atoms with Crippen LogP contribution in [0.15, 0.2) is 24.4 Å². The largest absolute Gasteiger partial charge is 0.433 e. The molecule has 0 saturated carbocycles. The van der Waals surface area contributed by atoms with Gasteiger partial charge >= 0.3 is 18.9 Å². The van der Waals surface area contributed by atoms with Gasteiger partial charge in [0.2, 0.25) is 0 Å². The first kappa shape index (κ1) is 25.3. The van der Waals surface area contributed by atoms with Crippen LogP contribution >= 0.6 is 0 Å². The van der Waals surface area contributed by atoms with Crippen molar-refractivity contribution >= 4 is 6.15 Å². The minimum absolute atomic E-state index is 0.171. The lowest BCUT2D eigenvalue weighted by Gasteiger charge is -2.28. The second-order valence-electron chi connectivity index (χ2n) is 7.05. The van der Waals surface area contributed by atoms with Crippen LogP contribution in [0, 0.1) is 5.41 Å². The molecule has 1 aromatic heterocycles. The Hall–Kier alpha value is -2.74. The summed E-state index contributed by atoms with van der Waals surface area (Å²) >= 11 is 0. The van der Waals surface area contributed by atoms with E-state index in [9.17, 15) is 22.0 Å². The quantitative estimate of drug-likeness (QED) is 0.566. The number of imidazole rings is 1. The average Bonchev–Trinajstić information content (AvgIpc) is 3.04. The van der Waals surface area contributed by atoms with E-state index in [1.54, 1.807) is 10.8 Å². The molecule has 2 rings (SSSR count). The summed E-state index contributed by atoms with van der Waals surface area (Å²) in [6.45, 7) is 2.87. The minimum Gasteiger partial charge on any atom is -0.433 e. The Kier molecular flexibility index (Phi) is 8.72. The third-order valence-corrected chi connectivity index (χ3v) is 4.42. The van der Waals surface area contributed by atoms with Crippen molar-refractivity contribution in [2.45, 2.75) is 59.7 Å². The molecular weight excluding hydrogens is 411 g/mol. The summed E-state index contributed by atoms with van der Waals surface area (Å²) in [7, 11) is 0. The van der Waals surface area contributed by atoms with Gasteiger partial charge in [0.1, 0.15) is 11.6 Å². The molecular formula is C20H23F5N2O3. The molecule has 0 aliphatic rings. The number of rotatable bonds is 7. The first-order valence-electron chi connectivity index (χ1n) is 9.11. The van der Waals surface area contributed by atoms with Crippen molar-refractivity contribution in [3.05, 3.63) is 41.5 Å². The molecule has 0 N–H and O–H groups in total. The predicted molar refractivity (Wildman–Crippen MR) is 97.5 cm³/mol. The highest BCUT2D eigenvalue weighted by Crippen LogP contribution is 2.41. The van der Waals surface area contributed by atoms with Gasteiger partial charge in [-0.05, 0) is 30.5 Å². The SMILES string of the molecule is CCc1cn(-c2ccc(CC(C)(C)C(F)(F)F)cc2OC(F)F)c(CC)n1.O=C=O. The highest BCUT2D eigenvalue weighted by molar-refractivity contribution is 5.50. The van der Waals surface area contributed by atoms with Crippen LogP contribution in [-0.2, 0) is 28.9 Å². The number of ether oxygens (including phenoxy) is 1. The van der Waals surface area contributed by atoms with Crippen LogP contribution < -0.4 is 4.74 Å². The summed E-state index contributed by atoms with van der Waals surface area (Å²) in [5.41, 5.74) is -0.606. The van der Waals surface area contributed by atoms with Crippen molar-refractivity contribution in [3.63, 3.8) is 0 Å². The zero-order valence-electron chi connectivity index (χ0n) is 17.0. The van der Waals surface area contributed by atoms with Gasteiger partial charge in [0.15, 0.2) is 0 Å². The molecule has 0 aliphatic heterocycles. The van der Waals surface area contributed by atoms with Gasteiger partial charge in [-0.2, -0.15) is 31.5 Å². The highest BCUT2D eigenvalue weighted by Gasteiger charge is 2.47. The number of aromatic nitrogens is 2. The molecule has 0 radical (unpaired) electrons. The van der Waals surface area contributed by atoms with Crippen molar-refractivity contribution < 1.29 is 36.3 Å². The molecule has 166 valence electrons. The average molecular weight is 434 g/mol. The van der Waals surface area contributed by atoms with E-state index in [0.29, 0.717) is 24.4 Å². The number of hydrogen-bond donors (Lipinski definition) is 0. The maximum Gasteiger partial charge on any atom is 0.394 e. The molecule has 5 nitrogen and oxygen atoms in total. The normalized spacial score (nSPS) is 11.7. The summed E-state index contributed by atoms with van der Waals surface area (Å²) in [6.07, 6.45) is -1.54. The van der Waals surface area contributed by atoms with Crippen LogP contribution in [0.1, 0.15) is 44.8 Å². The van der Waals surface area contributed by atoms with Crippen LogP contribution in [0.25, 0.3) is 5.69 Å². The molecule has 1 aromatic carbocycles. The van der Waals surface area contributed by atoms with Crippen LogP contribution in [0.5, 0.6) is 5.75 Å². The summed E-state index contributed by atoms with van der Waals surface area (Å²) in [4.78, 5) is 20.7. The minimum atomic E-state index is -4.41. The number of carbonyl (C=O) groups excluding carboxylic acids is 2. The predicted octanol–water partition coefficient (Wildman–Crippen LogP) is 5.15. The molecule has 30 heavy (non-hydrogen) atoms. The topological polar surface area (TPSA) is 61.2 Å². The number of halogens is 5.